The standard InChI is InChI=1S/C34H34N2O8/c1-36(2)28-22-16-18-15-21-20(24-14-11-19(44-24)10-6-9-17-7-4-3-5-8-17)12-13-23(37)26(21)29(38)25(18)31(40)34(22,43)32(41)27(30(28)39)33(35)42/h3-5,7-8,11-14,18,22,28,37-38,41,43H,6,9-10,15-16H2,1-2H3,(H2,35,42)/t18-,22-,28?,34-/m1/s1. The van der Waals surface area contributed by atoms with Crippen molar-refractivity contribution in [3.05, 3.63) is 94.0 Å². The minimum Gasteiger partial charge on any atom is -0.508 e. The maximum atomic E-state index is 14.0. The van der Waals surface area contributed by atoms with Gasteiger partial charge in [0.25, 0.3) is 5.91 Å². The summed E-state index contributed by atoms with van der Waals surface area (Å²) < 4.78 is 6.20. The van der Waals surface area contributed by atoms with Crippen LogP contribution in [0.25, 0.3) is 17.1 Å². The molecule has 10 heteroatoms. The number of likely N-dealkylation sites (N-methyl/N-ethyl adjacent to an activating group) is 1. The molecule has 1 heterocycles. The lowest BCUT2D eigenvalue weighted by Gasteiger charge is -2.50. The first-order chi connectivity index (χ1) is 20.9. The number of amides is 1. The van der Waals surface area contributed by atoms with Crippen LogP contribution in [0.2, 0.25) is 0 Å². The zero-order valence-corrected chi connectivity index (χ0v) is 24.4. The molecule has 0 bridgehead atoms. The Morgan fingerprint density at radius 1 is 1.02 bits per heavy atom. The van der Waals surface area contributed by atoms with Crippen molar-refractivity contribution in [1.29, 1.82) is 0 Å². The van der Waals surface area contributed by atoms with Gasteiger partial charge in [-0.3, -0.25) is 19.3 Å². The average molecular weight is 599 g/mol. The van der Waals surface area contributed by atoms with Crippen LogP contribution < -0.4 is 5.73 Å². The number of ketones is 2. The van der Waals surface area contributed by atoms with Crippen molar-refractivity contribution in [3.63, 3.8) is 0 Å². The third-order valence-corrected chi connectivity index (χ3v) is 9.26. The molecule has 1 fully saturated rings. The van der Waals surface area contributed by atoms with Crippen molar-refractivity contribution in [2.45, 2.75) is 43.7 Å². The normalized spacial score (nSPS) is 24.8. The van der Waals surface area contributed by atoms with Gasteiger partial charge in [-0.1, -0.05) is 30.3 Å². The molecule has 3 aliphatic carbocycles. The van der Waals surface area contributed by atoms with Crippen LogP contribution in [0.4, 0.5) is 0 Å². The van der Waals surface area contributed by atoms with E-state index in [1.165, 1.54) is 16.5 Å². The zero-order chi connectivity index (χ0) is 31.5. The first-order valence-electron chi connectivity index (χ1n) is 14.6. The number of nitrogens with zero attached hydrogens (tertiary/aromatic N) is 1. The molecule has 0 saturated heterocycles. The van der Waals surface area contributed by atoms with E-state index in [0.29, 0.717) is 23.3 Å². The second-order valence-corrected chi connectivity index (χ2v) is 12.1. The van der Waals surface area contributed by atoms with Gasteiger partial charge >= 0.3 is 0 Å². The smallest absolute Gasteiger partial charge is 0.255 e. The highest BCUT2D eigenvalue weighted by Gasteiger charge is 2.64. The number of Topliss-reactive ketones (excluding diaryl/α,β-unsaturated/α-hetero) is 2. The Labute approximate surface area is 253 Å². The maximum Gasteiger partial charge on any atom is 0.255 e. The summed E-state index contributed by atoms with van der Waals surface area (Å²) in [5, 5.41) is 45.1. The van der Waals surface area contributed by atoms with Gasteiger partial charge in [-0.2, -0.15) is 0 Å². The van der Waals surface area contributed by atoms with Crippen LogP contribution in [0.1, 0.15) is 35.3 Å². The summed E-state index contributed by atoms with van der Waals surface area (Å²) in [6, 6.07) is 15.9. The fourth-order valence-electron chi connectivity index (χ4n) is 7.24. The van der Waals surface area contributed by atoms with Gasteiger partial charge < -0.3 is 30.6 Å². The monoisotopic (exact) mass is 598 g/mol. The fraction of sp³-hybridized carbons (Fsp3) is 0.324. The van der Waals surface area contributed by atoms with E-state index in [2.05, 4.69) is 12.1 Å². The average Bonchev–Trinajstić information content (AvgIpc) is 3.44. The molecule has 1 amide bonds. The van der Waals surface area contributed by atoms with Gasteiger partial charge in [-0.05, 0) is 81.1 Å². The molecule has 3 aromatic rings. The second-order valence-electron chi connectivity index (χ2n) is 12.1. The summed E-state index contributed by atoms with van der Waals surface area (Å²) in [7, 11) is 3.13. The second kappa shape index (κ2) is 10.8. The van der Waals surface area contributed by atoms with Crippen molar-refractivity contribution in [2.24, 2.45) is 17.6 Å². The highest BCUT2D eigenvalue weighted by molar-refractivity contribution is 6.24. The number of nitrogens with two attached hydrogens (primary N) is 1. The SMILES string of the molecule is CN(C)C1C(=O)C(C(N)=O)=C(O)[C@]2(O)C(=O)C3=C(O)c4c(O)ccc(-c5ccc(CCCc6ccccc6)o5)c4C[C@@H]3C[C@H]12. The number of carbonyl (C=O) groups excluding carboxylic acids is 3. The number of phenols is 1. The Morgan fingerprint density at radius 3 is 2.43 bits per heavy atom. The number of hydrogen-bond donors (Lipinski definition) is 5. The lowest BCUT2D eigenvalue weighted by Crippen LogP contribution is -2.65. The molecule has 1 aromatic heterocycles. The number of hydrogen-bond acceptors (Lipinski definition) is 9. The van der Waals surface area contributed by atoms with E-state index in [9.17, 15) is 34.8 Å². The van der Waals surface area contributed by atoms with Crippen molar-refractivity contribution < 1.29 is 39.2 Å². The number of furan rings is 1. The van der Waals surface area contributed by atoms with E-state index < -0.39 is 58.0 Å². The molecule has 6 N–H and O–H groups in total. The highest BCUT2D eigenvalue weighted by atomic mass is 16.4. The van der Waals surface area contributed by atoms with Crippen LogP contribution in [-0.4, -0.2) is 68.5 Å². The zero-order valence-electron chi connectivity index (χ0n) is 24.4. The number of fused-ring (bicyclic) bond motifs is 3. The third-order valence-electron chi connectivity index (χ3n) is 9.26. The maximum absolute atomic E-state index is 14.0. The van der Waals surface area contributed by atoms with E-state index in [1.54, 1.807) is 20.2 Å². The molecule has 3 aliphatic rings. The van der Waals surface area contributed by atoms with Gasteiger partial charge in [0.15, 0.2) is 11.4 Å². The van der Waals surface area contributed by atoms with Crippen molar-refractivity contribution >= 4 is 23.2 Å². The van der Waals surface area contributed by atoms with Gasteiger partial charge in [-0.25, -0.2) is 0 Å². The fourth-order valence-corrected chi connectivity index (χ4v) is 7.24. The molecule has 1 saturated carbocycles. The largest absolute Gasteiger partial charge is 0.508 e. The number of aliphatic hydroxyl groups is 3. The van der Waals surface area contributed by atoms with Gasteiger partial charge in [0.2, 0.25) is 5.78 Å². The first kappa shape index (κ1) is 29.4. The number of rotatable bonds is 7. The number of carbonyl (C=O) groups is 3. The topological polar surface area (TPSA) is 175 Å². The first-order valence-corrected chi connectivity index (χ1v) is 14.6. The number of aryl methyl sites for hydroxylation is 2. The molecule has 4 atom stereocenters. The Morgan fingerprint density at radius 2 is 1.75 bits per heavy atom. The Bertz CT molecular complexity index is 1750. The lowest BCUT2D eigenvalue weighted by molar-refractivity contribution is -0.153. The summed E-state index contributed by atoms with van der Waals surface area (Å²) in [6.45, 7) is 0. The molecule has 10 nitrogen and oxygen atoms in total. The molecular weight excluding hydrogens is 564 g/mol. The molecular formula is C34H34N2O8. The predicted octanol–water partition coefficient (Wildman–Crippen LogP) is 3.40. The van der Waals surface area contributed by atoms with Crippen LogP contribution in [0.5, 0.6) is 5.75 Å². The van der Waals surface area contributed by atoms with Crippen LogP contribution in [0, 0.1) is 11.8 Å². The molecule has 0 radical (unpaired) electrons. The molecule has 44 heavy (non-hydrogen) atoms. The highest BCUT2D eigenvalue weighted by Crippen LogP contribution is 2.53. The van der Waals surface area contributed by atoms with Gasteiger partial charge in [0, 0.05) is 23.5 Å². The Balaban J connectivity index is 1.38. The van der Waals surface area contributed by atoms with E-state index in [1.807, 2.05) is 30.3 Å². The van der Waals surface area contributed by atoms with Crippen LogP contribution in [0.3, 0.4) is 0 Å². The van der Waals surface area contributed by atoms with Crippen molar-refractivity contribution in [3.8, 4) is 17.1 Å². The lowest BCUT2D eigenvalue weighted by atomic mass is 9.57. The molecule has 228 valence electrons. The van der Waals surface area contributed by atoms with Gasteiger partial charge in [0.1, 0.15) is 34.4 Å². The predicted molar refractivity (Wildman–Crippen MR) is 160 cm³/mol. The molecule has 0 spiro atoms. The molecule has 6 rings (SSSR count). The summed E-state index contributed by atoms with van der Waals surface area (Å²) in [4.78, 5) is 41.0. The number of phenolic OH excluding ortho intramolecular Hbond substituents is 1. The van der Waals surface area contributed by atoms with E-state index >= 15 is 0 Å². The minimum atomic E-state index is -2.67. The quantitative estimate of drug-likeness (QED) is 0.255. The number of aliphatic hydroxyl groups excluding tert-OH is 2. The Kier molecular flexibility index (Phi) is 7.22. The van der Waals surface area contributed by atoms with E-state index in [4.69, 9.17) is 10.2 Å². The Hall–Kier alpha value is -4.67. The summed E-state index contributed by atoms with van der Waals surface area (Å²) >= 11 is 0. The van der Waals surface area contributed by atoms with Crippen LogP contribution in [-0.2, 0) is 33.6 Å². The number of aromatic hydroxyl groups is 1. The minimum absolute atomic E-state index is 0.0176. The molecule has 0 aliphatic heterocycles. The van der Waals surface area contributed by atoms with Gasteiger partial charge in [0.05, 0.1) is 11.6 Å². The van der Waals surface area contributed by atoms with Gasteiger partial charge in [-0.15, -0.1) is 0 Å². The van der Waals surface area contributed by atoms with Crippen LogP contribution in [0.15, 0.2) is 75.9 Å². The third kappa shape index (κ3) is 4.44. The van der Waals surface area contributed by atoms with Crippen molar-refractivity contribution in [1.82, 2.24) is 4.90 Å². The number of primary amides is 1. The summed E-state index contributed by atoms with van der Waals surface area (Å²) in [5.41, 5.74) is 4.14. The molecule has 2 aromatic carbocycles. The van der Waals surface area contributed by atoms with E-state index in [-0.39, 0.29) is 29.7 Å². The summed E-state index contributed by atoms with van der Waals surface area (Å²) in [6.07, 6.45) is 2.70. The number of benzene rings is 2. The summed E-state index contributed by atoms with van der Waals surface area (Å²) in [5.74, 6) is -5.49. The van der Waals surface area contributed by atoms with Crippen LogP contribution >= 0.6 is 0 Å². The van der Waals surface area contributed by atoms with E-state index in [0.717, 1.165) is 18.6 Å². The molecule has 1 unspecified atom stereocenters. The van der Waals surface area contributed by atoms with Crippen molar-refractivity contribution in [2.75, 3.05) is 14.1 Å².